The molecule has 6 bridgehead atoms. The third-order valence-corrected chi connectivity index (χ3v) is 17.7. The summed E-state index contributed by atoms with van der Waals surface area (Å²) in [7, 11) is 0.224. The molecular weight excluding hydrogens is 1030 g/mol. The van der Waals surface area contributed by atoms with E-state index in [1.165, 1.54) is 9.91 Å². The van der Waals surface area contributed by atoms with Crippen LogP contribution in [0.25, 0.3) is 33.3 Å². The van der Waals surface area contributed by atoms with Crippen LogP contribution in [0.2, 0.25) is 0 Å². The number of methoxy groups -OCH3 is 1. The second-order valence-corrected chi connectivity index (χ2v) is 25.1. The van der Waals surface area contributed by atoms with E-state index in [1.54, 1.807) is 32.5 Å². The van der Waals surface area contributed by atoms with Crippen molar-refractivity contribution in [2.24, 2.45) is 11.3 Å². The Kier molecular flexibility index (Phi) is 17.5. The maximum Gasteiger partial charge on any atom is 0.324 e. The number of carbonyl (C=O) groups is 4. The van der Waals surface area contributed by atoms with E-state index in [9.17, 15) is 32.7 Å². The molecule has 2 aromatic heterocycles. The minimum absolute atomic E-state index is 0.0343. The number of hydrogen-bond acceptors (Lipinski definition) is 14. The predicted molar refractivity (Wildman–Crippen MR) is 301 cm³/mol. The maximum atomic E-state index is 14.9. The molecule has 3 saturated heterocycles. The van der Waals surface area contributed by atoms with Crippen LogP contribution in [-0.2, 0) is 62.6 Å². The van der Waals surface area contributed by atoms with E-state index in [0.717, 1.165) is 38.9 Å². The lowest BCUT2D eigenvalue weighted by Gasteiger charge is -2.37. The van der Waals surface area contributed by atoms with Crippen molar-refractivity contribution in [3.63, 3.8) is 0 Å². The zero-order chi connectivity index (χ0) is 56.3. The third-order valence-electron chi connectivity index (χ3n) is 16.1. The first-order chi connectivity index (χ1) is 37.7. The molecule has 0 radical (unpaired) electrons. The van der Waals surface area contributed by atoms with Crippen LogP contribution in [0.3, 0.4) is 0 Å². The van der Waals surface area contributed by atoms with Crippen LogP contribution in [0.15, 0.2) is 79.0 Å². The molecule has 79 heavy (non-hydrogen) atoms. The highest BCUT2D eigenvalue weighted by Crippen LogP contribution is 2.43. The number of nitrogens with zero attached hydrogens (tertiary/aromatic N) is 5. The molecule has 3 fully saturated rings. The highest BCUT2D eigenvalue weighted by molar-refractivity contribution is 7.91. The molecule has 0 aliphatic carbocycles. The van der Waals surface area contributed by atoms with Crippen LogP contribution >= 0.6 is 0 Å². The Morgan fingerprint density at radius 1 is 0.987 bits per heavy atom. The highest BCUT2D eigenvalue weighted by Gasteiger charge is 2.42. The van der Waals surface area contributed by atoms with Crippen LogP contribution < -0.4 is 15.5 Å². The number of amides is 3. The first-order valence-corrected chi connectivity index (χ1v) is 29.6. The van der Waals surface area contributed by atoms with Crippen LogP contribution in [0.1, 0.15) is 95.2 Å². The molecule has 0 spiro atoms. The van der Waals surface area contributed by atoms with Crippen LogP contribution in [0.4, 0.5) is 0 Å². The van der Waals surface area contributed by atoms with Gasteiger partial charge in [0.2, 0.25) is 5.91 Å². The van der Waals surface area contributed by atoms with Crippen molar-refractivity contribution in [3.8, 4) is 33.9 Å². The number of carbonyl (C=O) groups excluding carboxylic acids is 4. The third kappa shape index (κ3) is 12.8. The summed E-state index contributed by atoms with van der Waals surface area (Å²) < 4.78 is 51.0. The number of benzene rings is 3. The number of sulfone groups is 1. The lowest BCUT2D eigenvalue weighted by atomic mass is 9.84. The Morgan fingerprint density at radius 3 is 2.47 bits per heavy atom. The van der Waals surface area contributed by atoms with Crippen molar-refractivity contribution < 1.29 is 51.6 Å². The number of fused-ring (bicyclic) bond motifs is 6. The zero-order valence-electron chi connectivity index (χ0n) is 46.8. The van der Waals surface area contributed by atoms with Crippen LogP contribution in [0, 0.1) is 11.3 Å². The number of cyclic esters (lactones) is 1. The second-order valence-electron chi connectivity index (χ2n) is 22.8. The Balaban J connectivity index is 1.09. The topological polar surface area (TPSA) is 211 Å². The van der Waals surface area contributed by atoms with Gasteiger partial charge in [0.05, 0.1) is 41.8 Å². The molecule has 0 saturated carbocycles. The molecule has 6 atom stereocenters. The smallest absolute Gasteiger partial charge is 0.324 e. The van der Waals surface area contributed by atoms with E-state index in [0.29, 0.717) is 87.6 Å². The van der Waals surface area contributed by atoms with Gasteiger partial charge < -0.3 is 38.8 Å². The lowest BCUT2D eigenvalue weighted by Crippen LogP contribution is -2.62. The van der Waals surface area contributed by atoms with E-state index in [2.05, 4.69) is 53.1 Å². The number of hydrogen-bond donors (Lipinski definition) is 3. The largest absolute Gasteiger partial charge is 0.508 e. The van der Waals surface area contributed by atoms with Gasteiger partial charge >= 0.3 is 5.97 Å². The molecule has 19 heteroatoms. The van der Waals surface area contributed by atoms with Crippen molar-refractivity contribution >= 4 is 44.4 Å². The fourth-order valence-corrected chi connectivity index (χ4v) is 13.1. The maximum absolute atomic E-state index is 14.9. The number of nitrogens with one attached hydrogen (secondary N) is 2. The van der Waals surface area contributed by atoms with Gasteiger partial charge in [-0.1, -0.05) is 70.2 Å². The van der Waals surface area contributed by atoms with Crippen molar-refractivity contribution in [1.29, 1.82) is 0 Å². The summed E-state index contributed by atoms with van der Waals surface area (Å²) in [4.78, 5) is 66.8. The van der Waals surface area contributed by atoms with Crippen molar-refractivity contribution in [2.45, 2.75) is 116 Å². The molecule has 3 N–H and O–H groups in total. The standard InChI is InChI=1S/C60H77N7O11S/c1-9-66-51-18-17-41-32-46(51)48(54(66)47-33-44(35-61-52(47)38(4)75-8)76-25-21-65-22-26-79(73,74)27-23-65)34-60(5,6)36-78-59(72)49-16-13-20-67(63-49)57(70)50(30-39-28-42(41)31-43(68)29-39)62-56(69)53(37(2)3)64(7)58(71)55-45(19-24-77-55)40-14-11-10-12-15-40/h10-12,14-15,17-18,28-29,31-33,35,37-38,45,49-50,53,55,63,68H,9,13,16,19-27,30,34,36H2,1-8H3,(H,62,69). The first kappa shape index (κ1) is 57.3. The van der Waals surface area contributed by atoms with Gasteiger partial charge in [0, 0.05) is 87.7 Å². The average Bonchev–Trinajstić information content (AvgIpc) is 4.28. The summed E-state index contributed by atoms with van der Waals surface area (Å²) in [5.74, 6) is -1.64. The van der Waals surface area contributed by atoms with Gasteiger partial charge in [-0.3, -0.25) is 34.1 Å². The number of aromatic nitrogens is 2. The number of phenols is 1. The summed E-state index contributed by atoms with van der Waals surface area (Å²) in [6.45, 7) is 14.9. The van der Waals surface area contributed by atoms with Crippen molar-refractivity contribution in [2.75, 3.05) is 71.7 Å². The molecule has 5 aromatic rings. The van der Waals surface area contributed by atoms with E-state index < -0.39 is 63.4 Å². The molecule has 4 aliphatic heterocycles. The van der Waals surface area contributed by atoms with Gasteiger partial charge in [-0.05, 0) is 104 Å². The van der Waals surface area contributed by atoms with Gasteiger partial charge in [-0.2, -0.15) is 0 Å². The summed E-state index contributed by atoms with van der Waals surface area (Å²) >= 11 is 0. The number of likely N-dealkylation sites (N-methyl/N-ethyl adjacent to an activating group) is 1. The monoisotopic (exact) mass is 1100 g/mol. The molecule has 6 heterocycles. The van der Waals surface area contributed by atoms with Gasteiger partial charge in [0.1, 0.15) is 42.3 Å². The van der Waals surface area contributed by atoms with E-state index in [1.807, 2.05) is 69.3 Å². The Labute approximate surface area is 464 Å². The Hall–Kier alpha value is -6.38. The summed E-state index contributed by atoms with van der Waals surface area (Å²) in [5.41, 5.74) is 9.87. The zero-order valence-corrected chi connectivity index (χ0v) is 47.6. The quantitative estimate of drug-likeness (QED) is 0.0999. The summed E-state index contributed by atoms with van der Waals surface area (Å²) in [6.07, 6.45) is 2.47. The highest BCUT2D eigenvalue weighted by atomic mass is 32.2. The molecular formula is C60H77N7O11S. The molecule has 18 nitrogen and oxygen atoms in total. The first-order valence-electron chi connectivity index (χ1n) is 27.8. The van der Waals surface area contributed by atoms with E-state index >= 15 is 0 Å². The Bertz CT molecular complexity index is 3150. The number of hydrazine groups is 1. The molecule has 3 amide bonds. The number of phenolic OH excluding ortho intramolecular Hbond substituents is 1. The van der Waals surface area contributed by atoms with Gasteiger partial charge in [0.25, 0.3) is 11.8 Å². The van der Waals surface area contributed by atoms with Gasteiger partial charge in [-0.15, -0.1) is 0 Å². The fourth-order valence-electron chi connectivity index (χ4n) is 11.8. The SMILES string of the molecule is CCn1c(-c2cc(OCCN3CCS(=O)(=O)CC3)cnc2C(C)OC)c2c3cc(ccc31)-c1cc(O)cc(c1)CC(NC(=O)C(C(C)C)N(C)C(=O)C1OCCC1c1ccccc1)C(=O)N1CCCC(N1)C(=O)OCC(C)(C)C2. The van der Waals surface area contributed by atoms with E-state index in [-0.39, 0.29) is 54.6 Å². The average molecular weight is 1100 g/mol. The number of aryl methyl sites for hydroxylation is 1. The number of pyridine rings is 1. The van der Waals surface area contributed by atoms with E-state index in [4.69, 9.17) is 23.9 Å². The van der Waals surface area contributed by atoms with Crippen LogP contribution in [-0.4, -0.2) is 157 Å². The Morgan fingerprint density at radius 2 is 1.75 bits per heavy atom. The molecule has 6 unspecified atom stereocenters. The molecule has 9 rings (SSSR count). The van der Waals surface area contributed by atoms with Gasteiger partial charge in [-0.25, -0.2) is 13.8 Å². The number of rotatable bonds is 14. The minimum atomic E-state index is -3.02. The number of esters is 1. The minimum Gasteiger partial charge on any atom is -0.508 e. The number of ether oxygens (including phenoxy) is 4. The summed E-state index contributed by atoms with van der Waals surface area (Å²) in [6, 6.07) is 20.1. The van der Waals surface area contributed by atoms with Crippen molar-refractivity contribution in [1.82, 2.24) is 35.1 Å². The normalized spacial score (nSPS) is 22.5. The fraction of sp³-hybridized carbons (Fsp3) is 0.517. The molecule has 3 aromatic carbocycles. The van der Waals surface area contributed by atoms with Gasteiger partial charge in [0.15, 0.2) is 9.84 Å². The predicted octanol–water partition coefficient (Wildman–Crippen LogP) is 6.62. The summed E-state index contributed by atoms with van der Waals surface area (Å²) in [5, 5.41) is 16.9. The number of aromatic hydroxyl groups is 1. The second kappa shape index (κ2) is 24.1. The lowest BCUT2D eigenvalue weighted by molar-refractivity contribution is -0.155. The molecule has 424 valence electrons. The van der Waals surface area contributed by atoms with Crippen molar-refractivity contribution in [3.05, 3.63) is 101 Å². The molecule has 4 aliphatic rings. The van der Waals surface area contributed by atoms with Crippen LogP contribution in [0.5, 0.6) is 11.5 Å².